The number of likely N-dealkylation sites (tertiary alicyclic amines) is 1. The fraction of sp³-hybridized carbons (Fsp3) is 0.550. The molecule has 7 nitrogen and oxygen atoms in total. The molecule has 1 saturated heterocycles. The molecule has 0 radical (unpaired) electrons. The van der Waals surface area contributed by atoms with Gasteiger partial charge in [0, 0.05) is 36.2 Å². The average Bonchev–Trinajstić information content (AvgIpc) is 2.62. The zero-order valence-electron chi connectivity index (χ0n) is 16.6. The van der Waals surface area contributed by atoms with Gasteiger partial charge in [-0.2, -0.15) is 0 Å². The number of hydrogen-bond donors (Lipinski definition) is 2. The molecule has 1 aliphatic heterocycles. The lowest BCUT2D eigenvalue weighted by Gasteiger charge is -2.33. The van der Waals surface area contributed by atoms with Crippen molar-refractivity contribution in [2.24, 2.45) is 5.92 Å². The maximum atomic E-state index is 12.4. The molecule has 1 unspecified atom stereocenters. The first-order chi connectivity index (χ1) is 13.1. The van der Waals surface area contributed by atoms with Gasteiger partial charge < -0.3 is 20.3 Å². The monoisotopic (exact) mass is 453 g/mol. The highest BCUT2D eigenvalue weighted by atomic mass is 79.9. The summed E-state index contributed by atoms with van der Waals surface area (Å²) in [6, 6.07) is 7.29. The molecule has 1 aliphatic rings. The van der Waals surface area contributed by atoms with Crippen molar-refractivity contribution in [3.8, 4) is 0 Å². The van der Waals surface area contributed by atoms with Gasteiger partial charge in [-0.25, -0.2) is 4.79 Å². The average molecular weight is 454 g/mol. The van der Waals surface area contributed by atoms with E-state index in [1.54, 1.807) is 17.0 Å². The zero-order valence-corrected chi connectivity index (χ0v) is 18.2. The van der Waals surface area contributed by atoms with Crippen LogP contribution in [0.2, 0.25) is 0 Å². The van der Waals surface area contributed by atoms with Gasteiger partial charge in [-0.15, -0.1) is 0 Å². The fourth-order valence-electron chi connectivity index (χ4n) is 2.88. The van der Waals surface area contributed by atoms with E-state index >= 15 is 0 Å². The van der Waals surface area contributed by atoms with Crippen LogP contribution in [0.1, 0.15) is 40.0 Å². The van der Waals surface area contributed by atoms with Crippen LogP contribution in [0.5, 0.6) is 0 Å². The molecule has 154 valence electrons. The van der Waals surface area contributed by atoms with Gasteiger partial charge in [0.25, 0.3) is 0 Å². The molecule has 1 aromatic rings. The van der Waals surface area contributed by atoms with Crippen molar-refractivity contribution in [1.29, 1.82) is 0 Å². The largest absolute Gasteiger partial charge is 0.444 e. The number of nitrogens with one attached hydrogen (secondary N) is 2. The maximum Gasteiger partial charge on any atom is 0.410 e. The molecule has 1 heterocycles. The van der Waals surface area contributed by atoms with Gasteiger partial charge in [0.1, 0.15) is 5.60 Å². The van der Waals surface area contributed by atoms with Gasteiger partial charge in [0.2, 0.25) is 11.8 Å². The van der Waals surface area contributed by atoms with Crippen molar-refractivity contribution in [1.82, 2.24) is 10.2 Å². The number of carbonyl (C=O) groups excluding carboxylic acids is 3. The Morgan fingerprint density at radius 1 is 1.21 bits per heavy atom. The van der Waals surface area contributed by atoms with Crippen molar-refractivity contribution in [3.63, 3.8) is 0 Å². The van der Waals surface area contributed by atoms with Crippen molar-refractivity contribution in [3.05, 3.63) is 28.7 Å². The van der Waals surface area contributed by atoms with Crippen LogP contribution >= 0.6 is 15.9 Å². The second-order valence-corrected chi connectivity index (χ2v) is 8.78. The molecule has 1 aromatic carbocycles. The highest BCUT2D eigenvalue weighted by Gasteiger charge is 2.30. The molecule has 0 saturated carbocycles. The maximum absolute atomic E-state index is 12.4. The Balaban J connectivity index is 1.73. The van der Waals surface area contributed by atoms with Gasteiger partial charge in [-0.3, -0.25) is 9.59 Å². The number of amides is 3. The Labute approximate surface area is 174 Å². The summed E-state index contributed by atoms with van der Waals surface area (Å²) in [5, 5.41) is 5.59. The molecule has 2 rings (SSSR count). The highest BCUT2D eigenvalue weighted by Crippen LogP contribution is 2.19. The summed E-state index contributed by atoms with van der Waals surface area (Å²) in [5.41, 5.74) is 0.147. The van der Waals surface area contributed by atoms with E-state index in [1.165, 1.54) is 0 Å². The number of halogens is 1. The van der Waals surface area contributed by atoms with Crippen LogP contribution < -0.4 is 10.6 Å². The molecule has 0 spiro atoms. The summed E-state index contributed by atoms with van der Waals surface area (Å²) in [6.07, 6.45) is 1.26. The Morgan fingerprint density at radius 3 is 2.54 bits per heavy atom. The van der Waals surface area contributed by atoms with Crippen LogP contribution in [0.25, 0.3) is 0 Å². The third kappa shape index (κ3) is 7.50. The third-order valence-corrected chi connectivity index (χ3v) is 4.75. The zero-order chi connectivity index (χ0) is 20.7. The normalized spacial score (nSPS) is 17.0. The lowest BCUT2D eigenvalue weighted by molar-refractivity contribution is -0.126. The van der Waals surface area contributed by atoms with E-state index in [-0.39, 0.29) is 36.8 Å². The molecule has 2 N–H and O–H groups in total. The number of carbonyl (C=O) groups is 3. The number of anilines is 1. The molecule has 0 aliphatic carbocycles. The summed E-state index contributed by atoms with van der Waals surface area (Å²) in [6.45, 7) is 6.64. The SMILES string of the molecule is CC(C)(C)OC(=O)N1CCCC(C(=O)NCCC(=O)Nc2ccc(Br)cc2)C1. The lowest BCUT2D eigenvalue weighted by Crippen LogP contribution is -2.47. The standard InChI is InChI=1S/C20H28BrN3O4/c1-20(2,3)28-19(27)24-12-4-5-14(13-24)18(26)22-11-10-17(25)23-16-8-6-15(21)7-9-16/h6-9,14H,4-5,10-13H2,1-3H3,(H,22,26)(H,23,25). The van der Waals surface area contributed by atoms with Crippen LogP contribution in [0.15, 0.2) is 28.7 Å². The van der Waals surface area contributed by atoms with Crippen molar-refractivity contribution in [2.75, 3.05) is 25.0 Å². The molecule has 0 aromatic heterocycles. The minimum atomic E-state index is -0.561. The quantitative estimate of drug-likeness (QED) is 0.713. The minimum absolute atomic E-state index is 0.135. The molecule has 3 amide bonds. The van der Waals surface area contributed by atoms with Gasteiger partial charge in [0.15, 0.2) is 0 Å². The first-order valence-corrected chi connectivity index (χ1v) is 10.2. The van der Waals surface area contributed by atoms with Gasteiger partial charge in [-0.05, 0) is 57.9 Å². The van der Waals surface area contributed by atoms with E-state index in [9.17, 15) is 14.4 Å². The molecule has 0 bridgehead atoms. The summed E-state index contributed by atoms with van der Waals surface area (Å²) >= 11 is 3.34. The summed E-state index contributed by atoms with van der Waals surface area (Å²) < 4.78 is 6.32. The molecular weight excluding hydrogens is 426 g/mol. The number of nitrogens with zero attached hydrogens (tertiary/aromatic N) is 1. The number of ether oxygens (including phenoxy) is 1. The van der Waals surface area contributed by atoms with Gasteiger partial charge in [-0.1, -0.05) is 15.9 Å². The Kier molecular flexibility index (Phi) is 7.86. The summed E-state index contributed by atoms with van der Waals surface area (Å²) in [4.78, 5) is 38.2. The smallest absolute Gasteiger partial charge is 0.410 e. The second-order valence-electron chi connectivity index (χ2n) is 7.86. The topological polar surface area (TPSA) is 87.7 Å². The van der Waals surface area contributed by atoms with Crippen molar-refractivity contribution in [2.45, 2.75) is 45.6 Å². The number of benzene rings is 1. The molecule has 1 fully saturated rings. The Bertz CT molecular complexity index is 700. The number of hydrogen-bond acceptors (Lipinski definition) is 4. The van der Waals surface area contributed by atoms with E-state index in [2.05, 4.69) is 26.6 Å². The Morgan fingerprint density at radius 2 is 1.89 bits per heavy atom. The number of piperidine rings is 1. The molecular formula is C20H28BrN3O4. The van der Waals surface area contributed by atoms with E-state index < -0.39 is 5.60 Å². The minimum Gasteiger partial charge on any atom is -0.444 e. The van der Waals surface area contributed by atoms with Crippen LogP contribution in [0, 0.1) is 5.92 Å². The van der Waals surface area contributed by atoms with E-state index in [0.717, 1.165) is 17.3 Å². The summed E-state index contributed by atoms with van der Waals surface area (Å²) in [7, 11) is 0. The fourth-order valence-corrected chi connectivity index (χ4v) is 3.15. The predicted octanol–water partition coefficient (Wildman–Crippen LogP) is 3.54. The first-order valence-electron chi connectivity index (χ1n) is 9.45. The van der Waals surface area contributed by atoms with E-state index in [1.807, 2.05) is 32.9 Å². The third-order valence-electron chi connectivity index (χ3n) is 4.22. The van der Waals surface area contributed by atoms with Crippen LogP contribution in [-0.2, 0) is 14.3 Å². The molecule has 8 heteroatoms. The molecule has 1 atom stereocenters. The number of rotatable bonds is 5. The Hall–Kier alpha value is -2.09. The van der Waals surface area contributed by atoms with Crippen molar-refractivity contribution < 1.29 is 19.1 Å². The summed E-state index contributed by atoms with van der Waals surface area (Å²) in [5.74, 6) is -0.581. The molecule has 28 heavy (non-hydrogen) atoms. The van der Waals surface area contributed by atoms with E-state index in [4.69, 9.17) is 4.74 Å². The van der Waals surface area contributed by atoms with Gasteiger partial charge in [0.05, 0.1) is 5.92 Å². The van der Waals surface area contributed by atoms with Crippen molar-refractivity contribution >= 4 is 39.5 Å². The second kappa shape index (κ2) is 9.91. The predicted molar refractivity (Wildman–Crippen MR) is 111 cm³/mol. The van der Waals surface area contributed by atoms with Crippen LogP contribution in [-0.4, -0.2) is 48.0 Å². The van der Waals surface area contributed by atoms with Crippen LogP contribution in [0.4, 0.5) is 10.5 Å². The van der Waals surface area contributed by atoms with E-state index in [0.29, 0.717) is 18.8 Å². The van der Waals surface area contributed by atoms with Crippen LogP contribution in [0.3, 0.4) is 0 Å². The van der Waals surface area contributed by atoms with Gasteiger partial charge >= 0.3 is 6.09 Å². The lowest BCUT2D eigenvalue weighted by atomic mass is 9.97. The highest BCUT2D eigenvalue weighted by molar-refractivity contribution is 9.10. The first kappa shape index (κ1) is 22.2.